The minimum Gasteiger partial charge on any atom is -0.489 e. The van der Waals surface area contributed by atoms with Crippen LogP contribution in [0.15, 0.2) is 41.1 Å². The van der Waals surface area contributed by atoms with Crippen molar-refractivity contribution < 1.29 is 31.9 Å². The summed E-state index contributed by atoms with van der Waals surface area (Å²) in [4.78, 5) is 24.7. The van der Waals surface area contributed by atoms with Crippen molar-refractivity contribution in [3.63, 3.8) is 0 Å². The lowest BCUT2D eigenvalue weighted by atomic mass is 9.51. The van der Waals surface area contributed by atoms with Crippen molar-refractivity contribution in [2.24, 2.45) is 16.7 Å². The predicted octanol–water partition coefficient (Wildman–Crippen LogP) is 6.21. The Bertz CT molecular complexity index is 1260. The second-order valence-corrected chi connectivity index (χ2v) is 16.0. The van der Waals surface area contributed by atoms with Crippen LogP contribution >= 0.6 is 0 Å². The van der Waals surface area contributed by atoms with Gasteiger partial charge >= 0.3 is 5.97 Å². The highest BCUT2D eigenvalue weighted by molar-refractivity contribution is 7.91. The Labute approximate surface area is 243 Å². The smallest absolute Gasteiger partial charge is 0.306 e. The molecule has 0 aliphatic heterocycles. The third-order valence-corrected chi connectivity index (χ3v) is 11.8. The monoisotopic (exact) mass is 589 g/mol. The molecule has 226 valence electrons. The molecular formula is C32H44FNO6S. The fourth-order valence-corrected chi connectivity index (χ4v) is 8.97. The van der Waals surface area contributed by atoms with E-state index in [1.165, 1.54) is 0 Å². The molecule has 0 saturated heterocycles. The molecule has 0 heterocycles. The van der Waals surface area contributed by atoms with Crippen LogP contribution in [0.3, 0.4) is 0 Å². The van der Waals surface area contributed by atoms with Crippen LogP contribution in [0.2, 0.25) is 0 Å². The Morgan fingerprint density at radius 2 is 1.59 bits per heavy atom. The number of benzene rings is 1. The molecule has 5 fully saturated rings. The fraction of sp³-hybridized carbons (Fsp3) is 0.688. The lowest BCUT2D eigenvalue weighted by molar-refractivity contribution is -0.154. The molecule has 1 N–H and O–H groups in total. The molecule has 0 aromatic heterocycles. The summed E-state index contributed by atoms with van der Waals surface area (Å²) in [7, 11) is -3.50. The van der Waals surface area contributed by atoms with Gasteiger partial charge in [-0.1, -0.05) is 0 Å². The zero-order valence-corrected chi connectivity index (χ0v) is 25.4. The average Bonchev–Trinajstić information content (AvgIpc) is 3.84. The van der Waals surface area contributed by atoms with Crippen LogP contribution in [0.25, 0.3) is 0 Å². The summed E-state index contributed by atoms with van der Waals surface area (Å²) in [5, 5.41) is 3.43. The number of carbonyl (C=O) groups excluding carboxylic acids is 2. The molecule has 1 aromatic carbocycles. The Balaban J connectivity index is 1.13. The van der Waals surface area contributed by atoms with E-state index in [1.54, 1.807) is 45.0 Å². The van der Waals surface area contributed by atoms with Gasteiger partial charge in [-0.3, -0.25) is 9.59 Å². The molecule has 41 heavy (non-hydrogen) atoms. The highest BCUT2D eigenvalue weighted by atomic mass is 32.2. The van der Waals surface area contributed by atoms with Gasteiger partial charge in [-0.2, -0.15) is 0 Å². The summed E-state index contributed by atoms with van der Waals surface area (Å²) in [5.41, 5.74) is -0.414. The van der Waals surface area contributed by atoms with E-state index in [0.717, 1.165) is 64.2 Å². The Morgan fingerprint density at radius 3 is 2.10 bits per heavy atom. The Hall–Kier alpha value is -2.42. The molecule has 0 spiro atoms. The second kappa shape index (κ2) is 11.0. The van der Waals surface area contributed by atoms with Gasteiger partial charge in [0.25, 0.3) is 0 Å². The molecule has 5 saturated carbocycles. The Kier molecular flexibility index (Phi) is 8.07. The molecule has 2 bridgehead atoms. The molecule has 0 atom stereocenters. The number of hydrogen-bond donors (Lipinski definition) is 1. The van der Waals surface area contributed by atoms with E-state index in [9.17, 15) is 22.4 Å². The van der Waals surface area contributed by atoms with Gasteiger partial charge in [0, 0.05) is 17.9 Å². The van der Waals surface area contributed by atoms with Gasteiger partial charge in [0.05, 0.1) is 17.0 Å². The first-order valence-corrected chi connectivity index (χ1v) is 16.7. The molecule has 1 aromatic rings. The van der Waals surface area contributed by atoms with Crippen LogP contribution < -0.4 is 10.1 Å². The van der Waals surface area contributed by atoms with Gasteiger partial charge in [0.15, 0.2) is 9.84 Å². The highest BCUT2D eigenvalue weighted by Crippen LogP contribution is 2.67. The molecule has 6 rings (SSSR count). The van der Waals surface area contributed by atoms with Crippen LogP contribution in [-0.2, 0) is 24.2 Å². The first-order valence-electron chi connectivity index (χ1n) is 15.1. The van der Waals surface area contributed by atoms with Crippen molar-refractivity contribution in [2.45, 2.75) is 114 Å². The lowest BCUT2D eigenvalue weighted by Gasteiger charge is -2.57. The second-order valence-electron chi connectivity index (χ2n) is 14.0. The summed E-state index contributed by atoms with van der Waals surface area (Å²) in [6.07, 6.45) is 10.4. The lowest BCUT2D eigenvalue weighted by Crippen LogP contribution is -2.57. The fourth-order valence-electron chi connectivity index (χ4n) is 7.01. The molecule has 0 unspecified atom stereocenters. The van der Waals surface area contributed by atoms with E-state index in [0.29, 0.717) is 17.7 Å². The average molecular weight is 590 g/mol. The van der Waals surface area contributed by atoms with Crippen LogP contribution in [0.5, 0.6) is 5.75 Å². The molecular weight excluding hydrogens is 545 g/mol. The first kappa shape index (κ1) is 30.1. The summed E-state index contributed by atoms with van der Waals surface area (Å²) in [5.74, 6) is 0.606. The normalized spacial score (nSPS) is 27.3. The van der Waals surface area contributed by atoms with E-state index in [4.69, 9.17) is 9.47 Å². The molecule has 5 aliphatic rings. The van der Waals surface area contributed by atoms with Crippen molar-refractivity contribution in [1.82, 2.24) is 5.32 Å². The number of amides is 1. The Morgan fingerprint density at radius 1 is 0.976 bits per heavy atom. The van der Waals surface area contributed by atoms with E-state index in [2.05, 4.69) is 5.32 Å². The van der Waals surface area contributed by atoms with E-state index < -0.39 is 21.4 Å². The zero-order valence-electron chi connectivity index (χ0n) is 24.6. The van der Waals surface area contributed by atoms with Crippen molar-refractivity contribution in [2.75, 3.05) is 12.4 Å². The van der Waals surface area contributed by atoms with Crippen molar-refractivity contribution in [3.8, 4) is 5.75 Å². The quantitative estimate of drug-likeness (QED) is 0.291. The number of nitrogens with one attached hydrogen (secondary N) is 1. The minimum atomic E-state index is -3.50. The van der Waals surface area contributed by atoms with Crippen LogP contribution in [-0.4, -0.2) is 43.8 Å². The zero-order chi connectivity index (χ0) is 29.5. The van der Waals surface area contributed by atoms with Crippen molar-refractivity contribution in [3.05, 3.63) is 36.2 Å². The summed E-state index contributed by atoms with van der Waals surface area (Å²) in [6.45, 7) is 5.29. The predicted molar refractivity (Wildman–Crippen MR) is 154 cm³/mol. The largest absolute Gasteiger partial charge is 0.489 e. The van der Waals surface area contributed by atoms with Gasteiger partial charge < -0.3 is 14.8 Å². The number of fused-ring (bicyclic) bond motifs is 3. The van der Waals surface area contributed by atoms with Gasteiger partial charge in [-0.25, -0.2) is 12.8 Å². The van der Waals surface area contributed by atoms with E-state index in [-0.39, 0.29) is 58.3 Å². The van der Waals surface area contributed by atoms with Crippen LogP contribution in [0.4, 0.5) is 4.39 Å². The molecule has 1 amide bonds. The molecule has 0 radical (unpaired) electrons. The van der Waals surface area contributed by atoms with Gasteiger partial charge in [-0.05, 0) is 132 Å². The number of hydrogen-bond acceptors (Lipinski definition) is 6. The van der Waals surface area contributed by atoms with Crippen molar-refractivity contribution in [1.29, 1.82) is 0 Å². The third-order valence-electron chi connectivity index (χ3n) is 9.81. The topological polar surface area (TPSA) is 98.8 Å². The standard InChI is InChI=1S/C32H44FNO6S/c1-29(2,3)40-27(35)11-4-23(20-33)21-39-25-7-9-26(10-8-25)41(37,38)22-30-12-15-31(16-13-30,17-14-30)32(18-19-32)34-28(36)24-5-6-24/h7-10,20,24H,4-6,11-19,21-22H2,1-3H3,(H,34,36)/b23-20+. The first-order chi connectivity index (χ1) is 19.3. The van der Waals surface area contributed by atoms with Crippen LogP contribution in [0, 0.1) is 16.7 Å². The number of carbonyl (C=O) groups is 2. The van der Waals surface area contributed by atoms with E-state index in [1.807, 2.05) is 0 Å². The maximum atomic E-state index is 13.5. The molecule has 7 nitrogen and oxygen atoms in total. The van der Waals surface area contributed by atoms with Crippen LogP contribution in [0.1, 0.15) is 97.8 Å². The number of esters is 1. The van der Waals surface area contributed by atoms with E-state index >= 15 is 0 Å². The molecule has 5 aliphatic carbocycles. The summed E-state index contributed by atoms with van der Waals surface area (Å²) >= 11 is 0. The number of sulfone groups is 1. The van der Waals surface area contributed by atoms with Crippen molar-refractivity contribution >= 4 is 21.7 Å². The minimum absolute atomic E-state index is 0.0428. The number of ether oxygens (including phenoxy) is 2. The highest BCUT2D eigenvalue weighted by Gasteiger charge is 2.64. The maximum Gasteiger partial charge on any atom is 0.306 e. The number of halogens is 1. The summed E-state index contributed by atoms with van der Waals surface area (Å²) < 4.78 is 51.2. The SMILES string of the molecule is CC(C)(C)OC(=O)CC/C(=C\F)COc1ccc(S(=O)(=O)CC23CCC(C4(NC(=O)C5CC5)CC4)(CC2)CC3)cc1. The molecule has 9 heteroatoms. The number of rotatable bonds is 12. The van der Waals surface area contributed by atoms with Gasteiger partial charge in [0.1, 0.15) is 18.0 Å². The summed E-state index contributed by atoms with van der Waals surface area (Å²) in [6, 6.07) is 6.31. The third kappa shape index (κ3) is 6.81. The maximum absolute atomic E-state index is 13.5. The van der Waals surface area contributed by atoms with Gasteiger partial charge in [0.2, 0.25) is 5.91 Å². The van der Waals surface area contributed by atoms with Gasteiger partial charge in [-0.15, -0.1) is 0 Å².